The van der Waals surface area contributed by atoms with Crippen LogP contribution in [0, 0.1) is 5.92 Å². The lowest BCUT2D eigenvalue weighted by molar-refractivity contribution is 0.0801. The molecule has 0 radical (unpaired) electrons. The highest BCUT2D eigenvalue weighted by Crippen LogP contribution is 2.35. The lowest BCUT2D eigenvalue weighted by Crippen LogP contribution is -2.13. The number of hydrogen-bond donors (Lipinski definition) is 1. The van der Waals surface area contributed by atoms with E-state index in [0.29, 0.717) is 11.8 Å². The molecule has 0 amide bonds. The number of ether oxygens (including phenoxy) is 1. The van der Waals surface area contributed by atoms with Crippen LogP contribution in [0.15, 0.2) is 18.2 Å². The summed E-state index contributed by atoms with van der Waals surface area (Å²) in [6, 6.07) is 5.71. The first-order chi connectivity index (χ1) is 9.15. The van der Waals surface area contributed by atoms with Crippen LogP contribution in [0.5, 0.6) is 0 Å². The van der Waals surface area contributed by atoms with Gasteiger partial charge in [-0.3, -0.25) is 0 Å². The van der Waals surface area contributed by atoms with Gasteiger partial charge in [-0.15, -0.1) is 11.3 Å². The normalized spacial score (nSPS) is 14.7. The predicted molar refractivity (Wildman–Crippen MR) is 79.9 cm³/mol. The second kappa shape index (κ2) is 6.66. The Morgan fingerprint density at radius 1 is 1.47 bits per heavy atom. The van der Waals surface area contributed by atoms with Gasteiger partial charge in [0, 0.05) is 24.0 Å². The molecule has 2 unspecified atom stereocenters. The van der Waals surface area contributed by atoms with Crippen molar-refractivity contribution in [3.05, 3.63) is 28.2 Å². The van der Waals surface area contributed by atoms with E-state index in [1.807, 2.05) is 12.1 Å². The van der Waals surface area contributed by atoms with E-state index >= 15 is 0 Å². The zero-order chi connectivity index (χ0) is 13.8. The number of pyridine rings is 1. The zero-order valence-electron chi connectivity index (χ0n) is 11.1. The summed E-state index contributed by atoms with van der Waals surface area (Å²) in [4.78, 5) is 6.10. The minimum absolute atomic E-state index is 0.212. The molecule has 2 heterocycles. The number of aliphatic hydroxyl groups is 1. The standard InChI is InChI=1S/C14H18ClNO2S/c1-3-9(6-7-18-2)13(17)11-8-10-4-5-12(15)16-14(10)19-11/h4-5,8-9,13,17H,3,6-7H2,1-2H3. The topological polar surface area (TPSA) is 42.4 Å². The van der Waals surface area contributed by atoms with Crippen molar-refractivity contribution in [3.63, 3.8) is 0 Å². The van der Waals surface area contributed by atoms with Crippen LogP contribution in [0.1, 0.15) is 30.7 Å². The number of hydrogen-bond acceptors (Lipinski definition) is 4. The summed E-state index contributed by atoms with van der Waals surface area (Å²) in [5, 5.41) is 12.0. The summed E-state index contributed by atoms with van der Waals surface area (Å²) in [5.41, 5.74) is 0. The average molecular weight is 300 g/mol. The molecule has 2 atom stereocenters. The number of thiophene rings is 1. The Hall–Kier alpha value is -0.680. The molecular weight excluding hydrogens is 282 g/mol. The number of aromatic nitrogens is 1. The molecule has 0 saturated heterocycles. The Balaban J connectivity index is 2.22. The molecule has 1 N–H and O–H groups in total. The third-order valence-corrected chi connectivity index (χ3v) is 4.65. The van der Waals surface area contributed by atoms with Gasteiger partial charge in [-0.1, -0.05) is 24.9 Å². The smallest absolute Gasteiger partial charge is 0.130 e. The molecule has 0 bridgehead atoms. The zero-order valence-corrected chi connectivity index (χ0v) is 12.7. The number of methoxy groups -OCH3 is 1. The molecule has 0 spiro atoms. The largest absolute Gasteiger partial charge is 0.387 e. The van der Waals surface area contributed by atoms with Gasteiger partial charge in [0.1, 0.15) is 9.98 Å². The lowest BCUT2D eigenvalue weighted by Gasteiger charge is -2.19. The minimum atomic E-state index is -0.460. The summed E-state index contributed by atoms with van der Waals surface area (Å²) < 4.78 is 5.10. The number of fused-ring (bicyclic) bond motifs is 1. The molecule has 104 valence electrons. The summed E-state index contributed by atoms with van der Waals surface area (Å²) in [7, 11) is 1.68. The quantitative estimate of drug-likeness (QED) is 0.818. The van der Waals surface area contributed by atoms with E-state index < -0.39 is 6.10 Å². The Bertz CT molecular complexity index is 543. The van der Waals surface area contributed by atoms with Crippen molar-refractivity contribution in [1.29, 1.82) is 0 Å². The van der Waals surface area contributed by atoms with E-state index in [1.165, 1.54) is 11.3 Å². The van der Waals surface area contributed by atoms with Gasteiger partial charge >= 0.3 is 0 Å². The monoisotopic (exact) mass is 299 g/mol. The fraction of sp³-hybridized carbons (Fsp3) is 0.500. The molecule has 2 aromatic heterocycles. The van der Waals surface area contributed by atoms with E-state index in [9.17, 15) is 5.11 Å². The fourth-order valence-corrected chi connectivity index (χ4v) is 3.46. The Morgan fingerprint density at radius 2 is 2.26 bits per heavy atom. The van der Waals surface area contributed by atoms with Crippen molar-refractivity contribution < 1.29 is 9.84 Å². The molecule has 0 aliphatic rings. The van der Waals surface area contributed by atoms with Gasteiger partial charge in [-0.05, 0) is 30.5 Å². The van der Waals surface area contributed by atoms with Crippen molar-refractivity contribution in [2.45, 2.75) is 25.9 Å². The first-order valence-corrected chi connectivity index (χ1v) is 7.58. The van der Waals surface area contributed by atoms with Gasteiger partial charge < -0.3 is 9.84 Å². The van der Waals surface area contributed by atoms with Crippen LogP contribution in [-0.2, 0) is 4.74 Å². The molecule has 0 fully saturated rings. The van der Waals surface area contributed by atoms with E-state index in [1.54, 1.807) is 13.2 Å². The van der Waals surface area contributed by atoms with Crippen LogP contribution in [0.3, 0.4) is 0 Å². The number of halogens is 1. The highest BCUT2D eigenvalue weighted by atomic mass is 35.5. The minimum Gasteiger partial charge on any atom is -0.387 e. The molecular formula is C14H18ClNO2S. The van der Waals surface area contributed by atoms with Gasteiger partial charge in [-0.2, -0.15) is 0 Å². The number of nitrogens with zero attached hydrogens (tertiary/aromatic N) is 1. The van der Waals surface area contributed by atoms with Gasteiger partial charge in [0.05, 0.1) is 6.10 Å². The van der Waals surface area contributed by atoms with E-state index in [2.05, 4.69) is 11.9 Å². The fourth-order valence-electron chi connectivity index (χ4n) is 2.15. The highest BCUT2D eigenvalue weighted by molar-refractivity contribution is 7.18. The van der Waals surface area contributed by atoms with Gasteiger partial charge in [-0.25, -0.2) is 4.98 Å². The summed E-state index contributed by atoms with van der Waals surface area (Å²) in [5.74, 6) is 0.212. The van der Waals surface area contributed by atoms with Gasteiger partial charge in [0.25, 0.3) is 0 Å². The molecule has 5 heteroatoms. The number of rotatable bonds is 6. The maximum atomic E-state index is 10.5. The SMILES string of the molecule is CCC(CCOC)C(O)c1cc2ccc(Cl)nc2s1. The Kier molecular flexibility index (Phi) is 5.16. The summed E-state index contributed by atoms with van der Waals surface area (Å²) in [6.45, 7) is 2.76. The van der Waals surface area contributed by atoms with Crippen LogP contribution in [-0.4, -0.2) is 23.8 Å². The lowest BCUT2D eigenvalue weighted by atomic mass is 9.95. The van der Waals surface area contributed by atoms with Crippen molar-refractivity contribution in [2.24, 2.45) is 5.92 Å². The molecule has 3 nitrogen and oxygen atoms in total. The third-order valence-electron chi connectivity index (χ3n) is 3.32. The molecule has 0 aliphatic heterocycles. The van der Waals surface area contributed by atoms with Gasteiger partial charge in [0.2, 0.25) is 0 Å². The van der Waals surface area contributed by atoms with Crippen molar-refractivity contribution in [1.82, 2.24) is 4.98 Å². The average Bonchev–Trinajstić information content (AvgIpc) is 2.82. The maximum Gasteiger partial charge on any atom is 0.130 e. The van der Waals surface area contributed by atoms with E-state index in [-0.39, 0.29) is 5.92 Å². The summed E-state index contributed by atoms with van der Waals surface area (Å²) >= 11 is 7.39. The second-order valence-electron chi connectivity index (χ2n) is 4.57. The predicted octanol–water partition coefficient (Wildman–Crippen LogP) is 4.05. The molecule has 0 aromatic carbocycles. The third kappa shape index (κ3) is 3.45. The molecule has 2 aromatic rings. The Labute approximate surface area is 122 Å². The van der Waals surface area contributed by atoms with Crippen molar-refractivity contribution in [3.8, 4) is 0 Å². The highest BCUT2D eigenvalue weighted by Gasteiger charge is 2.21. The molecule has 0 aliphatic carbocycles. The molecule has 0 saturated carbocycles. The summed E-state index contributed by atoms with van der Waals surface area (Å²) in [6.07, 6.45) is 1.32. The second-order valence-corrected chi connectivity index (χ2v) is 6.02. The van der Waals surface area contributed by atoms with Crippen LogP contribution in [0.2, 0.25) is 5.15 Å². The van der Waals surface area contributed by atoms with Gasteiger partial charge in [0.15, 0.2) is 0 Å². The first kappa shape index (κ1) is 14.7. The van der Waals surface area contributed by atoms with E-state index in [0.717, 1.165) is 27.9 Å². The van der Waals surface area contributed by atoms with Crippen molar-refractivity contribution >= 4 is 33.2 Å². The maximum absolute atomic E-state index is 10.5. The first-order valence-electron chi connectivity index (χ1n) is 6.38. The number of aliphatic hydroxyl groups excluding tert-OH is 1. The van der Waals surface area contributed by atoms with Crippen LogP contribution in [0.4, 0.5) is 0 Å². The molecule has 19 heavy (non-hydrogen) atoms. The van der Waals surface area contributed by atoms with E-state index in [4.69, 9.17) is 16.3 Å². The van der Waals surface area contributed by atoms with Crippen molar-refractivity contribution in [2.75, 3.05) is 13.7 Å². The van der Waals surface area contributed by atoms with Crippen LogP contribution >= 0.6 is 22.9 Å². The van der Waals surface area contributed by atoms with Crippen LogP contribution < -0.4 is 0 Å². The molecule has 2 rings (SSSR count). The van der Waals surface area contributed by atoms with Crippen LogP contribution in [0.25, 0.3) is 10.2 Å². The Morgan fingerprint density at radius 3 is 2.95 bits per heavy atom.